The maximum absolute atomic E-state index is 13.5. The molecule has 2 aromatic heterocycles. The Balaban J connectivity index is 1.45. The SMILES string of the molecule is Cc1cc(N2N=CC(C(C)Sc3nnc(-c4cccc(F)c4)n3C)O2)ccn1. The Bertz CT molecular complexity index is 1020. The maximum Gasteiger partial charge on any atom is 0.191 e. The lowest BCUT2D eigenvalue weighted by molar-refractivity contribution is 0.0990. The van der Waals surface area contributed by atoms with Gasteiger partial charge in [0.15, 0.2) is 11.0 Å². The molecule has 3 heterocycles. The third kappa shape index (κ3) is 3.76. The van der Waals surface area contributed by atoms with Gasteiger partial charge in [0.25, 0.3) is 0 Å². The van der Waals surface area contributed by atoms with Gasteiger partial charge in [-0.15, -0.1) is 15.4 Å². The summed E-state index contributed by atoms with van der Waals surface area (Å²) in [4.78, 5) is 10.1. The summed E-state index contributed by atoms with van der Waals surface area (Å²) in [5.74, 6) is 0.314. The zero-order valence-electron chi connectivity index (χ0n) is 15.7. The highest BCUT2D eigenvalue weighted by molar-refractivity contribution is 7.99. The van der Waals surface area contributed by atoms with E-state index in [-0.39, 0.29) is 17.2 Å². The van der Waals surface area contributed by atoms with E-state index in [1.54, 1.807) is 18.5 Å². The molecule has 144 valence electrons. The van der Waals surface area contributed by atoms with Crippen LogP contribution in [0.1, 0.15) is 12.6 Å². The summed E-state index contributed by atoms with van der Waals surface area (Å²) >= 11 is 1.53. The van der Waals surface area contributed by atoms with E-state index in [1.165, 1.54) is 29.1 Å². The number of aryl methyl sites for hydroxylation is 1. The van der Waals surface area contributed by atoms with E-state index in [1.807, 2.05) is 43.7 Å². The molecule has 0 radical (unpaired) electrons. The van der Waals surface area contributed by atoms with Crippen molar-refractivity contribution in [2.75, 3.05) is 5.17 Å². The van der Waals surface area contributed by atoms with Crippen LogP contribution < -0.4 is 5.17 Å². The number of hydrogen-bond acceptors (Lipinski definition) is 7. The second-order valence-corrected chi connectivity index (χ2v) is 7.81. The molecule has 9 heteroatoms. The van der Waals surface area contributed by atoms with E-state index in [9.17, 15) is 4.39 Å². The van der Waals surface area contributed by atoms with E-state index in [0.29, 0.717) is 11.4 Å². The molecule has 0 saturated carbocycles. The molecule has 0 fully saturated rings. The molecular weight excluding hydrogens is 379 g/mol. The van der Waals surface area contributed by atoms with E-state index >= 15 is 0 Å². The second kappa shape index (κ2) is 7.69. The van der Waals surface area contributed by atoms with Crippen molar-refractivity contribution in [3.8, 4) is 11.4 Å². The van der Waals surface area contributed by atoms with Gasteiger partial charge in [0.1, 0.15) is 11.9 Å². The minimum absolute atomic E-state index is 0.0416. The van der Waals surface area contributed by atoms with Crippen LogP contribution in [0.25, 0.3) is 11.4 Å². The lowest BCUT2D eigenvalue weighted by atomic mass is 10.2. The summed E-state index contributed by atoms with van der Waals surface area (Å²) in [5.41, 5.74) is 2.41. The van der Waals surface area contributed by atoms with Crippen molar-refractivity contribution < 1.29 is 9.23 Å². The van der Waals surface area contributed by atoms with Crippen LogP contribution in [0, 0.1) is 12.7 Å². The highest BCUT2D eigenvalue weighted by Gasteiger charge is 2.28. The van der Waals surface area contributed by atoms with Crippen molar-refractivity contribution in [1.29, 1.82) is 0 Å². The Hall–Kier alpha value is -2.78. The van der Waals surface area contributed by atoms with Gasteiger partial charge in [0.05, 0.1) is 11.9 Å². The predicted molar refractivity (Wildman–Crippen MR) is 107 cm³/mol. The molecule has 3 aromatic rings. The number of anilines is 1. The highest BCUT2D eigenvalue weighted by atomic mass is 32.2. The third-order valence-electron chi connectivity index (χ3n) is 4.31. The molecule has 1 aromatic carbocycles. The molecule has 0 N–H and O–H groups in total. The zero-order valence-corrected chi connectivity index (χ0v) is 16.5. The normalized spacial score (nSPS) is 17.3. The van der Waals surface area contributed by atoms with Gasteiger partial charge in [-0.1, -0.05) is 23.9 Å². The minimum Gasteiger partial charge on any atom is -0.305 e. The number of benzene rings is 1. The largest absolute Gasteiger partial charge is 0.305 e. The Kier molecular flexibility index (Phi) is 5.10. The number of nitrogens with zero attached hydrogens (tertiary/aromatic N) is 6. The van der Waals surface area contributed by atoms with Crippen LogP contribution in [-0.4, -0.2) is 37.3 Å². The molecule has 0 bridgehead atoms. The van der Waals surface area contributed by atoms with E-state index in [4.69, 9.17) is 4.84 Å². The molecule has 0 amide bonds. The maximum atomic E-state index is 13.5. The average molecular weight is 398 g/mol. The van der Waals surface area contributed by atoms with Crippen LogP contribution >= 0.6 is 11.8 Å². The van der Waals surface area contributed by atoms with Gasteiger partial charge >= 0.3 is 0 Å². The number of aromatic nitrogens is 4. The van der Waals surface area contributed by atoms with Crippen molar-refractivity contribution in [2.45, 2.75) is 30.4 Å². The summed E-state index contributed by atoms with van der Waals surface area (Å²) in [6.45, 7) is 3.96. The van der Waals surface area contributed by atoms with Crippen LogP contribution in [0.4, 0.5) is 10.1 Å². The zero-order chi connectivity index (χ0) is 19.7. The van der Waals surface area contributed by atoms with Crippen molar-refractivity contribution in [3.05, 3.63) is 54.1 Å². The molecule has 4 rings (SSSR count). The van der Waals surface area contributed by atoms with Gasteiger partial charge in [0, 0.05) is 29.8 Å². The number of hydrazone groups is 1. The van der Waals surface area contributed by atoms with Gasteiger partial charge in [-0.3, -0.25) is 4.98 Å². The quantitative estimate of drug-likeness (QED) is 0.612. The van der Waals surface area contributed by atoms with Crippen molar-refractivity contribution in [2.24, 2.45) is 12.1 Å². The predicted octanol–water partition coefficient (Wildman–Crippen LogP) is 3.61. The molecule has 28 heavy (non-hydrogen) atoms. The smallest absolute Gasteiger partial charge is 0.191 e. The number of halogens is 1. The van der Waals surface area contributed by atoms with Crippen LogP contribution in [0.2, 0.25) is 0 Å². The first-order chi connectivity index (χ1) is 13.5. The van der Waals surface area contributed by atoms with Gasteiger partial charge in [-0.25, -0.2) is 9.23 Å². The third-order valence-corrected chi connectivity index (χ3v) is 5.52. The van der Waals surface area contributed by atoms with Crippen LogP contribution in [0.15, 0.2) is 52.9 Å². The van der Waals surface area contributed by atoms with Crippen LogP contribution in [0.5, 0.6) is 0 Å². The fraction of sp³-hybridized carbons (Fsp3) is 0.263. The Labute approximate surface area is 166 Å². The summed E-state index contributed by atoms with van der Waals surface area (Å²) in [5, 5.41) is 15.1. The topological polar surface area (TPSA) is 68.4 Å². The lowest BCUT2D eigenvalue weighted by Crippen LogP contribution is -2.26. The van der Waals surface area contributed by atoms with Gasteiger partial charge in [-0.05, 0) is 38.1 Å². The fourth-order valence-electron chi connectivity index (χ4n) is 2.81. The Morgan fingerprint density at radius 3 is 2.86 bits per heavy atom. The Morgan fingerprint density at radius 2 is 2.07 bits per heavy atom. The molecule has 0 aliphatic carbocycles. The highest BCUT2D eigenvalue weighted by Crippen LogP contribution is 2.30. The minimum atomic E-state index is -0.301. The standard InChI is InChI=1S/C19H19FN6OS/c1-12-9-16(7-8-21-12)26-22-11-17(27-26)13(2)28-19-24-23-18(25(19)3)14-5-4-6-15(20)10-14/h4-11,13,17H,1-3H3. The van der Waals surface area contributed by atoms with E-state index in [0.717, 1.165) is 16.5 Å². The summed E-state index contributed by atoms with van der Waals surface area (Å²) in [6.07, 6.45) is 3.28. The lowest BCUT2D eigenvalue weighted by Gasteiger charge is -2.19. The van der Waals surface area contributed by atoms with Crippen LogP contribution in [-0.2, 0) is 11.9 Å². The second-order valence-electron chi connectivity index (χ2n) is 6.46. The van der Waals surface area contributed by atoms with Crippen molar-refractivity contribution >= 4 is 23.7 Å². The van der Waals surface area contributed by atoms with Gasteiger partial charge in [-0.2, -0.15) is 5.10 Å². The first-order valence-electron chi connectivity index (χ1n) is 8.77. The molecule has 0 saturated heterocycles. The number of rotatable bonds is 5. The number of hydrogen-bond donors (Lipinski definition) is 0. The monoisotopic (exact) mass is 398 g/mol. The first-order valence-corrected chi connectivity index (χ1v) is 9.65. The Morgan fingerprint density at radius 1 is 1.21 bits per heavy atom. The summed E-state index contributed by atoms with van der Waals surface area (Å²) < 4.78 is 15.4. The summed E-state index contributed by atoms with van der Waals surface area (Å²) in [6, 6.07) is 10.1. The first kappa shape index (κ1) is 18.6. The van der Waals surface area contributed by atoms with E-state index < -0.39 is 0 Å². The molecule has 0 spiro atoms. The average Bonchev–Trinajstić information content (AvgIpc) is 3.30. The summed E-state index contributed by atoms with van der Waals surface area (Å²) in [7, 11) is 1.87. The van der Waals surface area contributed by atoms with Crippen molar-refractivity contribution in [3.63, 3.8) is 0 Å². The molecule has 2 atom stereocenters. The number of pyridine rings is 1. The van der Waals surface area contributed by atoms with Gasteiger partial charge in [0.2, 0.25) is 0 Å². The van der Waals surface area contributed by atoms with Crippen molar-refractivity contribution in [1.82, 2.24) is 19.7 Å². The number of thioether (sulfide) groups is 1. The van der Waals surface area contributed by atoms with E-state index in [2.05, 4.69) is 20.3 Å². The fourth-order valence-corrected chi connectivity index (χ4v) is 3.73. The van der Waals surface area contributed by atoms with Crippen LogP contribution in [0.3, 0.4) is 0 Å². The molecule has 1 aliphatic heterocycles. The van der Waals surface area contributed by atoms with Gasteiger partial charge < -0.3 is 4.57 Å². The molecule has 1 aliphatic rings. The molecular formula is C19H19FN6OS. The molecule has 2 unspecified atom stereocenters. The molecule has 7 nitrogen and oxygen atoms in total.